The molecule has 0 radical (unpaired) electrons. The molecular weight excluding hydrogens is 398 g/mol. The largest absolute Gasteiger partial charge is 0.508 e. The van der Waals surface area contributed by atoms with Crippen LogP contribution in [0.25, 0.3) is 0 Å². The maximum atomic E-state index is 12.8. The van der Waals surface area contributed by atoms with Gasteiger partial charge >= 0.3 is 5.97 Å². The van der Waals surface area contributed by atoms with Crippen molar-refractivity contribution in [2.24, 2.45) is 0 Å². The van der Waals surface area contributed by atoms with Crippen molar-refractivity contribution >= 4 is 5.97 Å². The van der Waals surface area contributed by atoms with Crippen LogP contribution in [0.2, 0.25) is 0 Å². The third-order valence-electron chi connectivity index (χ3n) is 5.40. The summed E-state index contributed by atoms with van der Waals surface area (Å²) in [6.45, 7) is 3.71. The minimum absolute atomic E-state index is 0.176. The van der Waals surface area contributed by atoms with Crippen LogP contribution < -0.4 is 10.3 Å². The molecule has 3 rings (SSSR count). The predicted octanol–water partition coefficient (Wildman–Crippen LogP) is 1.73. The summed E-state index contributed by atoms with van der Waals surface area (Å²) < 4.78 is 12.5. The summed E-state index contributed by atoms with van der Waals surface area (Å²) >= 11 is 0. The van der Waals surface area contributed by atoms with Crippen LogP contribution >= 0.6 is 0 Å². The van der Waals surface area contributed by atoms with Crippen LogP contribution in [0.3, 0.4) is 0 Å². The smallest absolute Gasteiger partial charge is 0.343 e. The molecular formula is C23H31N3O5. The lowest BCUT2D eigenvalue weighted by atomic mass is 10.1. The summed E-state index contributed by atoms with van der Waals surface area (Å²) in [6.07, 6.45) is 1.30. The molecule has 0 atom stereocenters. The molecule has 1 N–H and O–H groups in total. The quantitative estimate of drug-likeness (QED) is 0.505. The molecule has 8 heteroatoms. The van der Waals surface area contributed by atoms with E-state index in [0.29, 0.717) is 56.2 Å². The maximum absolute atomic E-state index is 12.8. The fraction of sp³-hybridized carbons (Fsp3) is 0.478. The van der Waals surface area contributed by atoms with Gasteiger partial charge in [0, 0.05) is 50.9 Å². The second kappa shape index (κ2) is 10.5. The number of phenolic OH excluding ortho intramolecular Hbond substituents is 1. The SMILES string of the molecule is COC(=O)c1c(OCCCN(C)C)cc(=O)n2c1CCN(Cc1cccc(O)c1)CC2. The Morgan fingerprint density at radius 3 is 2.71 bits per heavy atom. The Morgan fingerprint density at radius 1 is 1.19 bits per heavy atom. The number of methoxy groups -OCH3 is 1. The Kier molecular flexibility index (Phi) is 7.70. The topological polar surface area (TPSA) is 84.2 Å². The number of esters is 1. The summed E-state index contributed by atoms with van der Waals surface area (Å²) in [7, 11) is 5.31. The number of hydrogen-bond acceptors (Lipinski definition) is 7. The lowest BCUT2D eigenvalue weighted by molar-refractivity contribution is 0.0593. The van der Waals surface area contributed by atoms with E-state index in [1.165, 1.54) is 13.2 Å². The van der Waals surface area contributed by atoms with E-state index < -0.39 is 5.97 Å². The number of benzene rings is 1. The molecule has 0 unspecified atom stereocenters. The Balaban J connectivity index is 1.83. The number of carbonyl (C=O) groups excluding carboxylic acids is 1. The zero-order chi connectivity index (χ0) is 22.4. The number of phenols is 1. The number of nitrogens with zero attached hydrogens (tertiary/aromatic N) is 3. The maximum Gasteiger partial charge on any atom is 0.343 e. The molecule has 1 aliphatic rings. The number of pyridine rings is 1. The van der Waals surface area contributed by atoms with Crippen LogP contribution in [-0.4, -0.2) is 72.9 Å². The second-order valence-electron chi connectivity index (χ2n) is 8.01. The standard InChI is InChI=1S/C23H31N3O5/c1-24(2)9-5-13-31-20-15-21(28)26-12-11-25(16-17-6-4-7-18(27)14-17)10-8-19(26)22(20)23(29)30-3/h4,6-7,14-15,27H,5,8-13,16H2,1-3H3. The van der Waals surface area contributed by atoms with E-state index in [2.05, 4.69) is 9.80 Å². The van der Waals surface area contributed by atoms with Gasteiger partial charge in [0.1, 0.15) is 17.1 Å². The molecule has 1 aromatic heterocycles. The van der Waals surface area contributed by atoms with Gasteiger partial charge in [0.25, 0.3) is 5.56 Å². The first-order valence-corrected chi connectivity index (χ1v) is 10.5. The van der Waals surface area contributed by atoms with Gasteiger partial charge in [-0.2, -0.15) is 0 Å². The van der Waals surface area contributed by atoms with Gasteiger partial charge in [-0.1, -0.05) is 12.1 Å². The van der Waals surface area contributed by atoms with Crippen LogP contribution in [0.15, 0.2) is 35.1 Å². The van der Waals surface area contributed by atoms with Gasteiger partial charge in [-0.15, -0.1) is 0 Å². The van der Waals surface area contributed by atoms with Crippen LogP contribution in [0.4, 0.5) is 0 Å². The van der Waals surface area contributed by atoms with Crippen molar-refractivity contribution in [1.82, 2.24) is 14.4 Å². The number of aromatic hydroxyl groups is 1. The van der Waals surface area contributed by atoms with E-state index in [9.17, 15) is 14.7 Å². The summed E-state index contributed by atoms with van der Waals surface area (Å²) in [5, 5.41) is 9.72. The molecule has 0 bridgehead atoms. The van der Waals surface area contributed by atoms with Crippen molar-refractivity contribution in [3.05, 3.63) is 57.5 Å². The summed E-state index contributed by atoms with van der Waals surface area (Å²) in [6, 6.07) is 8.56. The Morgan fingerprint density at radius 2 is 2.00 bits per heavy atom. The Hall–Kier alpha value is -2.84. The van der Waals surface area contributed by atoms with Crippen molar-refractivity contribution in [2.45, 2.75) is 25.9 Å². The Labute approximate surface area is 182 Å². The fourth-order valence-electron chi connectivity index (χ4n) is 3.86. The first-order valence-electron chi connectivity index (χ1n) is 10.5. The lowest BCUT2D eigenvalue weighted by Crippen LogP contribution is -2.29. The zero-order valence-corrected chi connectivity index (χ0v) is 18.5. The third-order valence-corrected chi connectivity index (χ3v) is 5.40. The lowest BCUT2D eigenvalue weighted by Gasteiger charge is -2.19. The number of hydrogen-bond donors (Lipinski definition) is 1. The van der Waals surface area contributed by atoms with E-state index in [0.717, 1.165) is 18.5 Å². The van der Waals surface area contributed by atoms with Crippen molar-refractivity contribution in [2.75, 3.05) is 47.4 Å². The highest BCUT2D eigenvalue weighted by molar-refractivity contribution is 5.93. The molecule has 168 valence electrons. The van der Waals surface area contributed by atoms with Crippen molar-refractivity contribution in [1.29, 1.82) is 0 Å². The summed E-state index contributed by atoms with van der Waals surface area (Å²) in [5.74, 6) is 0.0342. The number of aromatic nitrogens is 1. The number of rotatable bonds is 8. The van der Waals surface area contributed by atoms with Gasteiger partial charge in [0.05, 0.1) is 13.7 Å². The second-order valence-corrected chi connectivity index (χ2v) is 8.01. The molecule has 1 aliphatic heterocycles. The molecule has 0 amide bonds. The van der Waals surface area contributed by atoms with Gasteiger partial charge in [0.15, 0.2) is 0 Å². The third kappa shape index (κ3) is 5.86. The van der Waals surface area contributed by atoms with Gasteiger partial charge in [0.2, 0.25) is 0 Å². The van der Waals surface area contributed by atoms with Crippen molar-refractivity contribution < 1.29 is 19.4 Å². The van der Waals surface area contributed by atoms with Crippen LogP contribution in [0.5, 0.6) is 11.5 Å². The minimum atomic E-state index is -0.493. The number of fused-ring (bicyclic) bond motifs is 1. The van der Waals surface area contributed by atoms with Gasteiger partial charge in [-0.05, 0) is 38.2 Å². The number of carbonyl (C=O) groups is 1. The zero-order valence-electron chi connectivity index (χ0n) is 18.5. The normalized spacial score (nSPS) is 14.2. The number of ether oxygens (including phenoxy) is 2. The van der Waals surface area contributed by atoms with Crippen LogP contribution in [0, 0.1) is 0 Å². The van der Waals surface area contributed by atoms with Gasteiger partial charge in [-0.25, -0.2) is 4.79 Å². The molecule has 0 aliphatic carbocycles. The molecule has 0 spiro atoms. The van der Waals surface area contributed by atoms with E-state index in [-0.39, 0.29) is 11.3 Å². The molecule has 2 heterocycles. The average Bonchev–Trinajstić information content (AvgIpc) is 2.94. The van der Waals surface area contributed by atoms with E-state index in [4.69, 9.17) is 9.47 Å². The Bertz CT molecular complexity index is 970. The molecule has 1 aromatic carbocycles. The molecule has 2 aromatic rings. The van der Waals surface area contributed by atoms with E-state index in [1.807, 2.05) is 26.2 Å². The first kappa shape index (κ1) is 22.8. The van der Waals surface area contributed by atoms with E-state index in [1.54, 1.807) is 16.7 Å². The highest BCUT2D eigenvalue weighted by Crippen LogP contribution is 2.25. The van der Waals surface area contributed by atoms with Crippen LogP contribution in [-0.2, 0) is 24.2 Å². The first-order chi connectivity index (χ1) is 14.9. The van der Waals surface area contributed by atoms with Crippen LogP contribution in [0.1, 0.15) is 28.0 Å². The van der Waals surface area contributed by atoms with Gasteiger partial charge in [-0.3, -0.25) is 9.69 Å². The monoisotopic (exact) mass is 429 g/mol. The molecule has 0 saturated carbocycles. The summed E-state index contributed by atoms with van der Waals surface area (Å²) in [5.41, 5.74) is 1.81. The van der Waals surface area contributed by atoms with Crippen molar-refractivity contribution in [3.63, 3.8) is 0 Å². The van der Waals surface area contributed by atoms with Gasteiger partial charge < -0.3 is 24.0 Å². The molecule has 0 fully saturated rings. The highest BCUT2D eigenvalue weighted by Gasteiger charge is 2.26. The van der Waals surface area contributed by atoms with E-state index >= 15 is 0 Å². The average molecular weight is 430 g/mol. The summed E-state index contributed by atoms with van der Waals surface area (Å²) in [4.78, 5) is 29.7. The highest BCUT2D eigenvalue weighted by atomic mass is 16.5. The predicted molar refractivity (Wildman–Crippen MR) is 118 cm³/mol. The van der Waals surface area contributed by atoms with Crippen molar-refractivity contribution in [3.8, 4) is 11.5 Å². The molecule has 0 saturated heterocycles. The molecule has 8 nitrogen and oxygen atoms in total. The molecule has 31 heavy (non-hydrogen) atoms. The fourth-order valence-corrected chi connectivity index (χ4v) is 3.86. The minimum Gasteiger partial charge on any atom is -0.508 e.